The molecular formula is C34H42ClN7O2. The quantitative estimate of drug-likeness (QED) is 0.321. The summed E-state index contributed by atoms with van der Waals surface area (Å²) in [5.41, 5.74) is 3.32. The lowest BCUT2D eigenvalue weighted by Gasteiger charge is -2.44. The lowest BCUT2D eigenvalue weighted by molar-refractivity contribution is 0.00430. The molecule has 1 saturated heterocycles. The molecule has 3 atom stereocenters. The molecule has 2 aliphatic heterocycles. The molecule has 44 heavy (non-hydrogen) atoms. The van der Waals surface area contributed by atoms with Crippen LogP contribution in [-0.2, 0) is 13.0 Å². The van der Waals surface area contributed by atoms with Gasteiger partial charge in [0.15, 0.2) is 0 Å². The molecule has 10 heteroatoms. The lowest BCUT2D eigenvalue weighted by Crippen LogP contribution is -2.56. The van der Waals surface area contributed by atoms with Crippen molar-refractivity contribution in [1.29, 1.82) is 5.26 Å². The Bertz CT molecular complexity index is 1560. The molecule has 232 valence electrons. The van der Waals surface area contributed by atoms with Crippen molar-refractivity contribution < 1.29 is 9.84 Å². The van der Waals surface area contributed by atoms with Crippen LogP contribution in [0.5, 0.6) is 6.01 Å². The highest BCUT2D eigenvalue weighted by Crippen LogP contribution is 2.46. The van der Waals surface area contributed by atoms with E-state index in [9.17, 15) is 10.4 Å². The van der Waals surface area contributed by atoms with Gasteiger partial charge in [0.1, 0.15) is 12.0 Å². The van der Waals surface area contributed by atoms with Crippen molar-refractivity contribution in [3.63, 3.8) is 0 Å². The van der Waals surface area contributed by atoms with Gasteiger partial charge in [-0.1, -0.05) is 42.4 Å². The van der Waals surface area contributed by atoms with Crippen molar-refractivity contribution in [3.05, 3.63) is 65.3 Å². The molecule has 6 rings (SSSR count). The Labute approximate surface area is 265 Å². The van der Waals surface area contributed by atoms with E-state index in [1.54, 1.807) is 0 Å². The number of piperazine rings is 1. The summed E-state index contributed by atoms with van der Waals surface area (Å²) in [6.07, 6.45) is 4.07. The summed E-state index contributed by atoms with van der Waals surface area (Å²) in [5, 5.41) is 23.1. The van der Waals surface area contributed by atoms with E-state index in [1.165, 1.54) is 6.08 Å². The van der Waals surface area contributed by atoms with E-state index >= 15 is 0 Å². The van der Waals surface area contributed by atoms with Crippen molar-refractivity contribution >= 4 is 33.9 Å². The van der Waals surface area contributed by atoms with Gasteiger partial charge in [-0.25, -0.2) is 0 Å². The molecule has 1 N–H and O–H groups in total. The van der Waals surface area contributed by atoms with Crippen LogP contribution in [-0.4, -0.2) is 90.1 Å². The molecule has 0 radical (unpaired) electrons. The Morgan fingerprint density at radius 3 is 2.70 bits per heavy atom. The third kappa shape index (κ3) is 6.09. The topological polar surface area (TPSA) is 92.0 Å². The van der Waals surface area contributed by atoms with E-state index in [0.29, 0.717) is 45.2 Å². The normalized spacial score (nSPS) is 22.0. The number of aliphatic hydroxyl groups excluding tert-OH is 1. The molecule has 9 nitrogen and oxygen atoms in total. The number of ether oxygens (including phenoxy) is 1. The van der Waals surface area contributed by atoms with E-state index in [-0.39, 0.29) is 17.5 Å². The van der Waals surface area contributed by atoms with Gasteiger partial charge < -0.3 is 24.5 Å². The highest BCUT2D eigenvalue weighted by atomic mass is 35.5. The maximum atomic E-state index is 10.6. The standard InChI is InChI=1S/C34H42ClN7O2/c1-5-30(43)41-17-16-40(19-25(41)12-15-36)32-26-18-23(2)42(29-11-7-9-24-8-6-10-27(35)31(24)29)20-28(26)37-33(38-32)44-22-34(13-14-34)21-39(3)4/h5-11,23,25,30,43H,1,12-14,16-22H2,2-4H3. The second kappa shape index (κ2) is 12.5. The maximum Gasteiger partial charge on any atom is 0.318 e. The van der Waals surface area contributed by atoms with Crippen LogP contribution in [0, 0.1) is 16.7 Å². The van der Waals surface area contributed by atoms with Gasteiger partial charge in [-0.05, 0) is 63.9 Å². The summed E-state index contributed by atoms with van der Waals surface area (Å²) in [6.45, 7) is 9.99. The molecule has 3 unspecified atom stereocenters. The molecule has 1 saturated carbocycles. The van der Waals surface area contributed by atoms with Crippen molar-refractivity contribution in [1.82, 2.24) is 19.8 Å². The lowest BCUT2D eigenvalue weighted by atomic mass is 9.96. The summed E-state index contributed by atoms with van der Waals surface area (Å²) < 4.78 is 6.41. The van der Waals surface area contributed by atoms with Crippen molar-refractivity contribution in [3.8, 4) is 12.1 Å². The molecule has 1 aliphatic carbocycles. The van der Waals surface area contributed by atoms with E-state index in [0.717, 1.165) is 64.4 Å². The van der Waals surface area contributed by atoms with Crippen LogP contribution in [0.4, 0.5) is 11.5 Å². The Morgan fingerprint density at radius 1 is 1.23 bits per heavy atom. The molecular weight excluding hydrogens is 574 g/mol. The summed E-state index contributed by atoms with van der Waals surface area (Å²) in [4.78, 5) is 18.9. The molecule has 3 aliphatic rings. The third-order valence-corrected chi connectivity index (χ3v) is 9.68. The number of hydrogen-bond donors (Lipinski definition) is 1. The summed E-state index contributed by atoms with van der Waals surface area (Å²) in [6, 6.07) is 15.1. The summed E-state index contributed by atoms with van der Waals surface area (Å²) in [7, 11) is 4.20. The predicted molar refractivity (Wildman–Crippen MR) is 175 cm³/mol. The first-order chi connectivity index (χ1) is 21.2. The van der Waals surface area contributed by atoms with Crippen LogP contribution in [0.2, 0.25) is 5.02 Å². The molecule has 1 aromatic heterocycles. The number of benzene rings is 2. The number of aromatic nitrogens is 2. The first-order valence-electron chi connectivity index (χ1n) is 15.5. The van der Waals surface area contributed by atoms with E-state index in [1.807, 2.05) is 17.0 Å². The SMILES string of the molecule is C=CC(O)N1CCN(c2nc(OCC3(CN(C)C)CC3)nc3c2CC(C)N(c2cccc4cccc(Cl)c24)C3)CC1CC#N. The van der Waals surface area contributed by atoms with Crippen LogP contribution in [0.15, 0.2) is 49.1 Å². The highest BCUT2D eigenvalue weighted by molar-refractivity contribution is 6.36. The molecule has 0 amide bonds. The van der Waals surface area contributed by atoms with Gasteiger partial charge in [0.25, 0.3) is 0 Å². The maximum absolute atomic E-state index is 10.6. The largest absolute Gasteiger partial charge is 0.463 e. The van der Waals surface area contributed by atoms with Gasteiger partial charge in [0.2, 0.25) is 0 Å². The van der Waals surface area contributed by atoms with E-state index in [2.05, 4.69) is 72.6 Å². The monoisotopic (exact) mass is 615 g/mol. The Balaban J connectivity index is 1.36. The van der Waals surface area contributed by atoms with Crippen molar-refractivity contribution in [2.75, 3.05) is 56.7 Å². The number of rotatable bonds is 10. The van der Waals surface area contributed by atoms with Gasteiger partial charge in [-0.15, -0.1) is 0 Å². The minimum Gasteiger partial charge on any atom is -0.463 e. The first kappa shape index (κ1) is 30.6. The fourth-order valence-corrected chi connectivity index (χ4v) is 7.25. The number of halogens is 1. The third-order valence-electron chi connectivity index (χ3n) is 9.36. The zero-order chi connectivity index (χ0) is 31.0. The first-order valence-corrected chi connectivity index (χ1v) is 15.9. The van der Waals surface area contributed by atoms with E-state index < -0.39 is 6.23 Å². The number of anilines is 2. The van der Waals surface area contributed by atoms with Gasteiger partial charge in [-0.2, -0.15) is 15.2 Å². The second-order valence-electron chi connectivity index (χ2n) is 12.9. The zero-order valence-corrected chi connectivity index (χ0v) is 26.7. The van der Waals surface area contributed by atoms with Gasteiger partial charge in [0.05, 0.1) is 36.4 Å². The second-order valence-corrected chi connectivity index (χ2v) is 13.3. The van der Waals surface area contributed by atoms with Crippen LogP contribution in [0.1, 0.15) is 37.4 Å². The van der Waals surface area contributed by atoms with Crippen LogP contribution < -0.4 is 14.5 Å². The van der Waals surface area contributed by atoms with Crippen LogP contribution >= 0.6 is 11.6 Å². The smallest absolute Gasteiger partial charge is 0.318 e. The van der Waals surface area contributed by atoms with Gasteiger partial charge in [0, 0.05) is 60.3 Å². The zero-order valence-electron chi connectivity index (χ0n) is 25.9. The minimum atomic E-state index is -0.791. The number of hydrogen-bond acceptors (Lipinski definition) is 9. The molecule has 0 bridgehead atoms. The average molecular weight is 616 g/mol. The number of fused-ring (bicyclic) bond motifs is 2. The average Bonchev–Trinajstić information content (AvgIpc) is 3.77. The summed E-state index contributed by atoms with van der Waals surface area (Å²) >= 11 is 6.76. The number of aliphatic hydroxyl groups is 1. The predicted octanol–water partition coefficient (Wildman–Crippen LogP) is 4.86. The Kier molecular flexibility index (Phi) is 8.71. The molecule has 0 spiro atoms. The Hall–Kier alpha value is -3.42. The van der Waals surface area contributed by atoms with Crippen molar-refractivity contribution in [2.24, 2.45) is 5.41 Å². The van der Waals surface area contributed by atoms with Gasteiger partial charge >= 0.3 is 6.01 Å². The van der Waals surface area contributed by atoms with Crippen LogP contribution in [0.3, 0.4) is 0 Å². The van der Waals surface area contributed by atoms with E-state index in [4.69, 9.17) is 26.3 Å². The minimum absolute atomic E-state index is 0.146. The summed E-state index contributed by atoms with van der Waals surface area (Å²) in [5.74, 6) is 0.876. The Morgan fingerprint density at radius 2 is 2.00 bits per heavy atom. The molecule has 2 fully saturated rings. The van der Waals surface area contributed by atoms with Crippen LogP contribution in [0.25, 0.3) is 10.8 Å². The molecule has 3 aromatic rings. The molecule has 3 heterocycles. The van der Waals surface area contributed by atoms with Crippen molar-refractivity contribution in [2.45, 2.75) is 57.5 Å². The van der Waals surface area contributed by atoms with Gasteiger partial charge in [-0.3, -0.25) is 4.90 Å². The highest BCUT2D eigenvalue weighted by Gasteiger charge is 2.44. The molecule has 2 aromatic carbocycles. The fraction of sp³-hybridized carbons (Fsp3) is 0.500. The number of nitrogens with zero attached hydrogens (tertiary/aromatic N) is 7. The fourth-order valence-electron chi connectivity index (χ4n) is 6.97. The number of nitriles is 1.